The standard InChI is InChI=1S/C23H25N3O3/c1-15(2)22(27)25-10-12-26(13-11-25)23(28)18-14-20(21-9-8-16(3)29-21)24-19-7-5-4-6-17(18)19/h4-9,14-15H,10-13H2,1-3H3. The summed E-state index contributed by atoms with van der Waals surface area (Å²) < 4.78 is 5.73. The normalized spacial score (nSPS) is 14.6. The Kier molecular flexibility index (Phi) is 5.09. The third-order valence-corrected chi connectivity index (χ3v) is 5.31. The summed E-state index contributed by atoms with van der Waals surface area (Å²) in [4.78, 5) is 34.0. The minimum atomic E-state index is -0.0372. The number of rotatable bonds is 3. The molecule has 1 fully saturated rings. The number of para-hydroxylation sites is 1. The highest BCUT2D eigenvalue weighted by atomic mass is 16.3. The minimum absolute atomic E-state index is 0.0271. The maximum atomic E-state index is 13.4. The van der Waals surface area contributed by atoms with Gasteiger partial charge >= 0.3 is 0 Å². The Morgan fingerprint density at radius 1 is 1.00 bits per heavy atom. The molecule has 2 aromatic heterocycles. The Hall–Kier alpha value is -3.15. The molecule has 1 aromatic carbocycles. The zero-order valence-corrected chi connectivity index (χ0v) is 17.0. The molecule has 0 atom stereocenters. The van der Waals surface area contributed by atoms with Crippen molar-refractivity contribution in [2.24, 2.45) is 5.92 Å². The van der Waals surface area contributed by atoms with Gasteiger partial charge < -0.3 is 14.2 Å². The van der Waals surface area contributed by atoms with E-state index in [2.05, 4.69) is 4.98 Å². The maximum Gasteiger partial charge on any atom is 0.254 e. The van der Waals surface area contributed by atoms with E-state index in [1.807, 2.05) is 73.0 Å². The Labute approximate surface area is 170 Å². The first-order valence-corrected chi connectivity index (χ1v) is 9.98. The van der Waals surface area contributed by atoms with Gasteiger partial charge in [-0.25, -0.2) is 4.98 Å². The van der Waals surface area contributed by atoms with E-state index in [9.17, 15) is 9.59 Å². The smallest absolute Gasteiger partial charge is 0.254 e. The number of carbonyl (C=O) groups is 2. The van der Waals surface area contributed by atoms with Crippen molar-refractivity contribution in [2.75, 3.05) is 26.2 Å². The Morgan fingerprint density at radius 2 is 1.69 bits per heavy atom. The van der Waals surface area contributed by atoms with Crippen molar-refractivity contribution in [2.45, 2.75) is 20.8 Å². The van der Waals surface area contributed by atoms with Gasteiger partial charge in [0.25, 0.3) is 5.91 Å². The van der Waals surface area contributed by atoms with E-state index >= 15 is 0 Å². The molecule has 0 radical (unpaired) electrons. The van der Waals surface area contributed by atoms with Crippen molar-refractivity contribution in [1.29, 1.82) is 0 Å². The molecule has 1 aliphatic rings. The highest BCUT2D eigenvalue weighted by Crippen LogP contribution is 2.27. The Bertz CT molecular complexity index is 1060. The second kappa shape index (κ2) is 7.70. The lowest BCUT2D eigenvalue weighted by Crippen LogP contribution is -2.51. The lowest BCUT2D eigenvalue weighted by Gasteiger charge is -2.35. The van der Waals surface area contributed by atoms with E-state index in [1.54, 1.807) is 0 Å². The minimum Gasteiger partial charge on any atom is -0.460 e. The quantitative estimate of drug-likeness (QED) is 0.682. The third-order valence-electron chi connectivity index (χ3n) is 5.31. The molecule has 150 valence electrons. The molecule has 2 amide bonds. The zero-order valence-electron chi connectivity index (χ0n) is 17.0. The van der Waals surface area contributed by atoms with Crippen molar-refractivity contribution in [3.05, 3.63) is 53.8 Å². The molecular formula is C23H25N3O3. The largest absolute Gasteiger partial charge is 0.460 e. The number of amides is 2. The number of fused-ring (bicyclic) bond motifs is 1. The van der Waals surface area contributed by atoms with Crippen LogP contribution in [-0.2, 0) is 4.79 Å². The van der Waals surface area contributed by atoms with E-state index in [-0.39, 0.29) is 17.7 Å². The van der Waals surface area contributed by atoms with Gasteiger partial charge in [-0.15, -0.1) is 0 Å². The summed E-state index contributed by atoms with van der Waals surface area (Å²) in [5.74, 6) is 1.52. The monoisotopic (exact) mass is 391 g/mol. The van der Waals surface area contributed by atoms with Gasteiger partial charge in [-0.1, -0.05) is 32.0 Å². The van der Waals surface area contributed by atoms with Gasteiger partial charge in [0.05, 0.1) is 11.1 Å². The molecule has 1 saturated heterocycles. The molecule has 6 heteroatoms. The number of aromatic nitrogens is 1. The average molecular weight is 391 g/mol. The number of pyridine rings is 1. The Morgan fingerprint density at radius 3 is 2.34 bits per heavy atom. The first kappa shape index (κ1) is 19.2. The fourth-order valence-corrected chi connectivity index (χ4v) is 3.72. The molecule has 0 aliphatic carbocycles. The van der Waals surface area contributed by atoms with Crippen LogP contribution in [-0.4, -0.2) is 52.8 Å². The van der Waals surface area contributed by atoms with Gasteiger partial charge in [0.1, 0.15) is 11.5 Å². The number of piperazine rings is 1. The number of nitrogens with zero attached hydrogens (tertiary/aromatic N) is 3. The molecule has 3 aromatic rings. The highest BCUT2D eigenvalue weighted by molar-refractivity contribution is 6.07. The van der Waals surface area contributed by atoms with Crippen LogP contribution in [0.4, 0.5) is 0 Å². The molecule has 0 saturated carbocycles. The zero-order chi connectivity index (χ0) is 20.5. The molecule has 0 N–H and O–H groups in total. The van der Waals surface area contributed by atoms with Gasteiger partial charge in [0, 0.05) is 37.5 Å². The molecule has 4 rings (SSSR count). The number of carbonyl (C=O) groups excluding carboxylic acids is 2. The molecule has 1 aliphatic heterocycles. The van der Waals surface area contributed by atoms with Gasteiger partial charge in [0.15, 0.2) is 5.76 Å². The van der Waals surface area contributed by atoms with Gasteiger partial charge in [-0.2, -0.15) is 0 Å². The summed E-state index contributed by atoms with van der Waals surface area (Å²) >= 11 is 0. The summed E-state index contributed by atoms with van der Waals surface area (Å²) in [6.07, 6.45) is 0. The predicted octanol–water partition coefficient (Wildman–Crippen LogP) is 3.74. The van der Waals surface area contributed by atoms with Gasteiger partial charge in [0.2, 0.25) is 5.91 Å². The molecule has 3 heterocycles. The molecule has 6 nitrogen and oxygen atoms in total. The summed E-state index contributed by atoms with van der Waals surface area (Å²) in [6.45, 7) is 7.88. The topological polar surface area (TPSA) is 66.7 Å². The van der Waals surface area contributed by atoms with Crippen LogP contribution in [0.5, 0.6) is 0 Å². The first-order valence-electron chi connectivity index (χ1n) is 9.98. The van der Waals surface area contributed by atoms with Crippen LogP contribution < -0.4 is 0 Å². The van der Waals surface area contributed by atoms with Crippen LogP contribution >= 0.6 is 0 Å². The molecular weight excluding hydrogens is 366 g/mol. The van der Waals surface area contributed by atoms with Gasteiger partial charge in [-0.05, 0) is 31.2 Å². The average Bonchev–Trinajstić information content (AvgIpc) is 3.18. The second-order valence-electron chi connectivity index (χ2n) is 7.75. The Balaban J connectivity index is 1.65. The summed E-state index contributed by atoms with van der Waals surface area (Å²) in [7, 11) is 0. The lowest BCUT2D eigenvalue weighted by atomic mass is 10.0. The number of hydrogen-bond acceptors (Lipinski definition) is 4. The van der Waals surface area contributed by atoms with E-state index in [1.165, 1.54) is 0 Å². The number of benzene rings is 1. The van der Waals surface area contributed by atoms with Crippen LogP contribution in [0.1, 0.15) is 30.0 Å². The first-order chi connectivity index (χ1) is 13.9. The maximum absolute atomic E-state index is 13.4. The fraction of sp³-hybridized carbons (Fsp3) is 0.348. The number of aryl methyl sites for hydroxylation is 1. The molecule has 0 unspecified atom stereocenters. The van der Waals surface area contributed by atoms with E-state index < -0.39 is 0 Å². The molecule has 29 heavy (non-hydrogen) atoms. The molecule has 0 spiro atoms. The second-order valence-corrected chi connectivity index (χ2v) is 7.75. The molecule has 0 bridgehead atoms. The summed E-state index contributed by atoms with van der Waals surface area (Å²) in [5, 5.41) is 0.824. The van der Waals surface area contributed by atoms with Crippen LogP contribution in [0, 0.1) is 12.8 Å². The van der Waals surface area contributed by atoms with Crippen LogP contribution in [0.3, 0.4) is 0 Å². The van der Waals surface area contributed by atoms with E-state index in [4.69, 9.17) is 4.42 Å². The van der Waals surface area contributed by atoms with Crippen molar-refractivity contribution in [3.8, 4) is 11.5 Å². The highest BCUT2D eigenvalue weighted by Gasteiger charge is 2.27. The van der Waals surface area contributed by atoms with Crippen molar-refractivity contribution in [3.63, 3.8) is 0 Å². The van der Waals surface area contributed by atoms with Gasteiger partial charge in [-0.3, -0.25) is 9.59 Å². The SMILES string of the molecule is Cc1ccc(-c2cc(C(=O)N3CCN(C(=O)C(C)C)CC3)c3ccccc3n2)o1. The van der Waals surface area contributed by atoms with Crippen LogP contribution in [0.15, 0.2) is 46.9 Å². The van der Waals surface area contributed by atoms with Crippen molar-refractivity contribution >= 4 is 22.7 Å². The third kappa shape index (κ3) is 3.75. The fourth-order valence-electron chi connectivity index (χ4n) is 3.72. The van der Waals surface area contributed by atoms with Crippen LogP contribution in [0.25, 0.3) is 22.4 Å². The number of hydrogen-bond donors (Lipinski definition) is 0. The van der Waals surface area contributed by atoms with Crippen LogP contribution in [0.2, 0.25) is 0 Å². The van der Waals surface area contributed by atoms with E-state index in [0.29, 0.717) is 43.2 Å². The lowest BCUT2D eigenvalue weighted by molar-refractivity contribution is -0.135. The number of furan rings is 1. The summed E-state index contributed by atoms with van der Waals surface area (Å²) in [6, 6.07) is 13.2. The van der Waals surface area contributed by atoms with E-state index in [0.717, 1.165) is 16.7 Å². The van der Waals surface area contributed by atoms with Crippen molar-refractivity contribution < 1.29 is 14.0 Å². The predicted molar refractivity (Wildman–Crippen MR) is 112 cm³/mol. The van der Waals surface area contributed by atoms with Crippen molar-refractivity contribution in [1.82, 2.24) is 14.8 Å². The summed E-state index contributed by atoms with van der Waals surface area (Å²) in [5.41, 5.74) is 2.02.